The second-order valence-electron chi connectivity index (χ2n) is 5.89. The highest BCUT2D eigenvalue weighted by molar-refractivity contribution is 5.76. The number of Topliss-reactive ketones (excluding diaryl/α,β-unsaturated/α-hetero) is 1. The summed E-state index contributed by atoms with van der Waals surface area (Å²) in [4.78, 5) is 22.6. The Bertz CT molecular complexity index is 290. The summed E-state index contributed by atoms with van der Waals surface area (Å²) in [5.41, 5.74) is -0.472. The van der Waals surface area contributed by atoms with Gasteiger partial charge in [-0.25, -0.2) is 4.79 Å². The molecule has 1 saturated carbocycles. The van der Waals surface area contributed by atoms with Crippen LogP contribution >= 0.6 is 0 Å². The number of ketones is 1. The van der Waals surface area contributed by atoms with Gasteiger partial charge in [0, 0.05) is 13.0 Å². The molecule has 4 nitrogen and oxygen atoms in total. The molecule has 0 bridgehead atoms. The molecular formula is C13H23NO3. The van der Waals surface area contributed by atoms with Gasteiger partial charge in [-0.3, -0.25) is 0 Å². The van der Waals surface area contributed by atoms with Crippen molar-refractivity contribution in [2.75, 3.05) is 6.54 Å². The average molecular weight is 241 g/mol. The van der Waals surface area contributed by atoms with E-state index in [0.29, 0.717) is 18.9 Å². The fraction of sp³-hybridized carbons (Fsp3) is 0.846. The first kappa shape index (κ1) is 14.0. The predicted octanol–water partition coefficient (Wildman–Crippen LogP) is 2.52. The standard InChI is InChI=1S/C13H23NO3/c1-9(15)7-11(10-5-6-10)8-14-12(16)17-13(2,3)4/h10-11H,5-8H2,1-4H3,(H,14,16). The zero-order chi connectivity index (χ0) is 13.1. The van der Waals surface area contributed by atoms with E-state index in [1.807, 2.05) is 20.8 Å². The molecule has 1 fully saturated rings. The lowest BCUT2D eigenvalue weighted by atomic mass is 9.98. The van der Waals surface area contributed by atoms with Gasteiger partial charge in [-0.05, 0) is 52.4 Å². The molecule has 1 aliphatic carbocycles. The molecule has 1 rings (SSSR count). The molecule has 17 heavy (non-hydrogen) atoms. The fourth-order valence-corrected chi connectivity index (χ4v) is 1.87. The van der Waals surface area contributed by atoms with Crippen molar-refractivity contribution in [3.63, 3.8) is 0 Å². The topological polar surface area (TPSA) is 55.4 Å². The summed E-state index contributed by atoms with van der Waals surface area (Å²) in [6, 6.07) is 0. The third-order valence-electron chi connectivity index (χ3n) is 2.75. The normalized spacial score (nSPS) is 17.4. The largest absolute Gasteiger partial charge is 0.444 e. The van der Waals surface area contributed by atoms with Crippen LogP contribution in [0.2, 0.25) is 0 Å². The number of hydrogen-bond acceptors (Lipinski definition) is 3. The molecule has 1 aliphatic rings. The van der Waals surface area contributed by atoms with Gasteiger partial charge in [0.25, 0.3) is 0 Å². The summed E-state index contributed by atoms with van der Waals surface area (Å²) in [6.45, 7) is 7.64. The van der Waals surface area contributed by atoms with Gasteiger partial charge in [0.05, 0.1) is 0 Å². The monoisotopic (exact) mass is 241 g/mol. The number of rotatable bonds is 5. The van der Waals surface area contributed by atoms with E-state index in [1.54, 1.807) is 6.92 Å². The highest BCUT2D eigenvalue weighted by Gasteiger charge is 2.32. The number of nitrogens with one attached hydrogen (secondary N) is 1. The molecule has 98 valence electrons. The van der Waals surface area contributed by atoms with Crippen molar-refractivity contribution in [2.24, 2.45) is 11.8 Å². The Hall–Kier alpha value is -1.06. The molecule has 0 radical (unpaired) electrons. The van der Waals surface area contributed by atoms with Gasteiger partial charge in [0.2, 0.25) is 0 Å². The number of carbonyl (C=O) groups is 2. The van der Waals surface area contributed by atoms with Crippen molar-refractivity contribution in [3.8, 4) is 0 Å². The zero-order valence-corrected chi connectivity index (χ0v) is 11.2. The predicted molar refractivity (Wildman–Crippen MR) is 65.7 cm³/mol. The Kier molecular flexibility index (Phi) is 4.54. The Balaban J connectivity index is 2.31. The number of alkyl carbamates (subject to hydrolysis) is 1. The third kappa shape index (κ3) is 6.29. The molecule has 0 aromatic rings. The van der Waals surface area contributed by atoms with Crippen LogP contribution in [0, 0.1) is 11.8 Å². The van der Waals surface area contributed by atoms with E-state index in [9.17, 15) is 9.59 Å². The van der Waals surface area contributed by atoms with Crippen molar-refractivity contribution < 1.29 is 14.3 Å². The highest BCUT2D eigenvalue weighted by Crippen LogP contribution is 2.38. The first-order valence-electron chi connectivity index (χ1n) is 6.24. The molecule has 0 aromatic heterocycles. The van der Waals surface area contributed by atoms with E-state index in [2.05, 4.69) is 5.32 Å². The lowest BCUT2D eigenvalue weighted by Gasteiger charge is -2.21. The van der Waals surface area contributed by atoms with E-state index >= 15 is 0 Å². The summed E-state index contributed by atoms with van der Waals surface area (Å²) in [5, 5.41) is 2.75. The van der Waals surface area contributed by atoms with Gasteiger partial charge in [0.15, 0.2) is 0 Å². The minimum absolute atomic E-state index is 0.188. The van der Waals surface area contributed by atoms with Gasteiger partial charge in [-0.2, -0.15) is 0 Å². The lowest BCUT2D eigenvalue weighted by molar-refractivity contribution is -0.118. The second-order valence-corrected chi connectivity index (χ2v) is 5.89. The maximum atomic E-state index is 11.5. The van der Waals surface area contributed by atoms with Crippen molar-refractivity contribution in [2.45, 2.75) is 52.6 Å². The Labute approximate surface area is 103 Å². The van der Waals surface area contributed by atoms with E-state index < -0.39 is 11.7 Å². The highest BCUT2D eigenvalue weighted by atomic mass is 16.6. The molecular weight excluding hydrogens is 218 g/mol. The molecule has 0 aliphatic heterocycles. The smallest absolute Gasteiger partial charge is 0.407 e. The molecule has 1 amide bonds. The Morgan fingerprint density at radius 1 is 1.35 bits per heavy atom. The summed E-state index contributed by atoms with van der Waals surface area (Å²) in [5.74, 6) is 1.07. The van der Waals surface area contributed by atoms with E-state index in [0.717, 1.165) is 0 Å². The van der Waals surface area contributed by atoms with E-state index in [1.165, 1.54) is 12.8 Å². The molecule has 1 atom stereocenters. The number of carbonyl (C=O) groups excluding carboxylic acids is 2. The van der Waals surface area contributed by atoms with E-state index in [4.69, 9.17) is 4.74 Å². The summed E-state index contributed by atoms with van der Waals surface area (Å²) in [6.07, 6.45) is 2.51. The Morgan fingerprint density at radius 3 is 2.35 bits per heavy atom. The Morgan fingerprint density at radius 2 is 1.94 bits per heavy atom. The van der Waals surface area contributed by atoms with Crippen LogP contribution < -0.4 is 5.32 Å². The first-order valence-corrected chi connectivity index (χ1v) is 6.24. The van der Waals surface area contributed by atoms with Crippen LogP contribution in [0.1, 0.15) is 47.0 Å². The maximum absolute atomic E-state index is 11.5. The van der Waals surface area contributed by atoms with Crippen LogP contribution in [0.3, 0.4) is 0 Å². The van der Waals surface area contributed by atoms with Crippen molar-refractivity contribution in [1.29, 1.82) is 0 Å². The number of amides is 1. The van der Waals surface area contributed by atoms with Crippen LogP contribution in [0.15, 0.2) is 0 Å². The third-order valence-corrected chi connectivity index (χ3v) is 2.75. The summed E-state index contributed by atoms with van der Waals surface area (Å²) in [7, 11) is 0. The zero-order valence-electron chi connectivity index (χ0n) is 11.2. The van der Waals surface area contributed by atoms with Crippen molar-refractivity contribution in [3.05, 3.63) is 0 Å². The maximum Gasteiger partial charge on any atom is 0.407 e. The van der Waals surface area contributed by atoms with Crippen LogP contribution in [0.4, 0.5) is 4.79 Å². The minimum atomic E-state index is -0.472. The number of hydrogen-bond donors (Lipinski definition) is 1. The summed E-state index contributed by atoms with van der Waals surface area (Å²) < 4.78 is 5.16. The van der Waals surface area contributed by atoms with Crippen LogP contribution in [0.5, 0.6) is 0 Å². The van der Waals surface area contributed by atoms with Gasteiger partial charge in [0.1, 0.15) is 11.4 Å². The molecule has 1 N–H and O–H groups in total. The average Bonchev–Trinajstić information content (AvgIpc) is 2.91. The minimum Gasteiger partial charge on any atom is -0.444 e. The lowest BCUT2D eigenvalue weighted by Crippen LogP contribution is -2.36. The van der Waals surface area contributed by atoms with Crippen LogP contribution in [-0.4, -0.2) is 24.0 Å². The molecule has 0 saturated heterocycles. The quantitative estimate of drug-likeness (QED) is 0.804. The molecule has 0 aromatic carbocycles. The first-order chi connectivity index (χ1) is 7.78. The fourth-order valence-electron chi connectivity index (χ4n) is 1.87. The van der Waals surface area contributed by atoms with Gasteiger partial charge in [-0.1, -0.05) is 0 Å². The van der Waals surface area contributed by atoms with Gasteiger partial charge >= 0.3 is 6.09 Å². The number of ether oxygens (including phenoxy) is 1. The van der Waals surface area contributed by atoms with Gasteiger partial charge < -0.3 is 14.8 Å². The molecule has 0 spiro atoms. The van der Waals surface area contributed by atoms with Crippen LogP contribution in [0.25, 0.3) is 0 Å². The van der Waals surface area contributed by atoms with Crippen molar-refractivity contribution in [1.82, 2.24) is 5.32 Å². The van der Waals surface area contributed by atoms with Crippen LogP contribution in [-0.2, 0) is 9.53 Å². The van der Waals surface area contributed by atoms with Gasteiger partial charge in [-0.15, -0.1) is 0 Å². The molecule has 4 heteroatoms. The second kappa shape index (κ2) is 5.52. The summed E-state index contributed by atoms with van der Waals surface area (Å²) >= 11 is 0. The SMILES string of the molecule is CC(=O)CC(CNC(=O)OC(C)(C)C)C1CC1. The van der Waals surface area contributed by atoms with E-state index in [-0.39, 0.29) is 11.7 Å². The van der Waals surface area contributed by atoms with Crippen molar-refractivity contribution >= 4 is 11.9 Å². The molecule has 1 unspecified atom stereocenters. The molecule has 0 heterocycles.